The van der Waals surface area contributed by atoms with Crippen LogP contribution in [0.4, 0.5) is 0 Å². The number of benzene rings is 10. The van der Waals surface area contributed by atoms with Crippen molar-refractivity contribution in [2.75, 3.05) is 0 Å². The van der Waals surface area contributed by atoms with Crippen LogP contribution in [0.2, 0.25) is 0 Å². The summed E-state index contributed by atoms with van der Waals surface area (Å²) in [6, 6.07) is 54.8. The van der Waals surface area contributed by atoms with Gasteiger partial charge >= 0.3 is 0 Å². The molecule has 42 heavy (non-hydrogen) atoms. The number of hydrogen-bond acceptors (Lipinski definition) is 0. The van der Waals surface area contributed by atoms with Gasteiger partial charge in [-0.05, 0) is 182 Å². The molecule has 0 bridgehead atoms. The zero-order valence-electron chi connectivity index (χ0n) is 22.9. The van der Waals surface area contributed by atoms with Crippen molar-refractivity contribution in [2.45, 2.75) is 0 Å². The van der Waals surface area contributed by atoms with Gasteiger partial charge in [-0.15, -0.1) is 0 Å². The van der Waals surface area contributed by atoms with Crippen LogP contribution in [0, 0.1) is 0 Å². The Morgan fingerprint density at radius 2 is 0.381 bits per heavy atom. The minimum atomic E-state index is 1.28. The molecule has 0 aliphatic carbocycles. The van der Waals surface area contributed by atoms with Crippen molar-refractivity contribution in [2.24, 2.45) is 0 Å². The van der Waals surface area contributed by atoms with E-state index in [1.54, 1.807) is 0 Å². The molecule has 192 valence electrons. The molecule has 0 saturated heterocycles. The lowest BCUT2D eigenvalue weighted by Gasteiger charge is -2.11. The van der Waals surface area contributed by atoms with Crippen molar-refractivity contribution in [3.63, 3.8) is 0 Å². The second kappa shape index (κ2) is 8.06. The van der Waals surface area contributed by atoms with Gasteiger partial charge in [0.05, 0.1) is 0 Å². The van der Waals surface area contributed by atoms with Crippen LogP contribution in [0.15, 0.2) is 146 Å². The van der Waals surface area contributed by atoms with Crippen LogP contribution in [0.5, 0.6) is 0 Å². The zero-order valence-corrected chi connectivity index (χ0v) is 22.9. The van der Waals surface area contributed by atoms with Crippen LogP contribution >= 0.6 is 0 Å². The first-order chi connectivity index (χ1) is 20.7. The zero-order chi connectivity index (χ0) is 27.4. The fourth-order valence-electron chi connectivity index (χ4n) is 7.20. The standard InChI is InChI=1S/C42H24/c1-2-7-27-13-32-16-35-19-38-21-39-22-40-24-42-30(10-9-29-11-25-5-3-4-8-28(25)23-41(29)42)14-33(40)17-36(39)20-37(38)18-34(35)15-31(32)12-26(27)6-1/h1-24H. The van der Waals surface area contributed by atoms with Crippen LogP contribution in [0.3, 0.4) is 0 Å². The molecule has 10 aromatic carbocycles. The van der Waals surface area contributed by atoms with Gasteiger partial charge in [0.25, 0.3) is 0 Å². The molecular formula is C42H24. The quantitative estimate of drug-likeness (QED) is 0.136. The van der Waals surface area contributed by atoms with Crippen molar-refractivity contribution in [3.8, 4) is 0 Å². The molecule has 0 aliphatic rings. The van der Waals surface area contributed by atoms with Crippen LogP contribution < -0.4 is 0 Å². The highest BCUT2D eigenvalue weighted by atomic mass is 14.1. The molecular weight excluding hydrogens is 504 g/mol. The van der Waals surface area contributed by atoms with E-state index in [4.69, 9.17) is 0 Å². The lowest BCUT2D eigenvalue weighted by molar-refractivity contribution is 1.79. The molecule has 10 rings (SSSR count). The van der Waals surface area contributed by atoms with Gasteiger partial charge in [-0.2, -0.15) is 0 Å². The number of rotatable bonds is 0. The third-order valence-electron chi connectivity index (χ3n) is 9.35. The van der Waals surface area contributed by atoms with Crippen LogP contribution in [0.25, 0.3) is 97.0 Å². The van der Waals surface area contributed by atoms with Gasteiger partial charge in [0.1, 0.15) is 0 Å². The van der Waals surface area contributed by atoms with E-state index in [0.29, 0.717) is 0 Å². The van der Waals surface area contributed by atoms with Crippen molar-refractivity contribution in [1.29, 1.82) is 0 Å². The van der Waals surface area contributed by atoms with E-state index in [1.165, 1.54) is 97.0 Å². The first-order valence-electron chi connectivity index (χ1n) is 14.6. The second-order valence-corrected chi connectivity index (χ2v) is 11.9. The molecule has 0 aliphatic heterocycles. The Morgan fingerprint density at radius 1 is 0.167 bits per heavy atom. The van der Waals surface area contributed by atoms with Gasteiger partial charge in [-0.25, -0.2) is 0 Å². The van der Waals surface area contributed by atoms with E-state index in [-0.39, 0.29) is 0 Å². The second-order valence-electron chi connectivity index (χ2n) is 11.9. The molecule has 0 spiro atoms. The molecule has 0 nitrogen and oxygen atoms in total. The third kappa shape index (κ3) is 3.24. The lowest BCUT2D eigenvalue weighted by Crippen LogP contribution is -1.84. The molecule has 0 N–H and O–H groups in total. The van der Waals surface area contributed by atoms with E-state index < -0.39 is 0 Å². The smallest absolute Gasteiger partial charge is 0.00988 e. The molecule has 0 unspecified atom stereocenters. The maximum absolute atomic E-state index is 2.39. The summed E-state index contributed by atoms with van der Waals surface area (Å²) in [5.74, 6) is 0. The van der Waals surface area contributed by atoms with Gasteiger partial charge in [0.15, 0.2) is 0 Å². The van der Waals surface area contributed by atoms with Gasteiger partial charge in [-0.3, -0.25) is 0 Å². The fourth-order valence-corrected chi connectivity index (χ4v) is 7.20. The first-order valence-corrected chi connectivity index (χ1v) is 14.6. The molecule has 0 aromatic heterocycles. The van der Waals surface area contributed by atoms with Gasteiger partial charge in [0, 0.05) is 0 Å². The first kappa shape index (κ1) is 22.3. The predicted octanol–water partition coefficient (Wildman–Crippen LogP) is 12.1. The molecule has 0 amide bonds. The summed E-state index contributed by atoms with van der Waals surface area (Å²) in [7, 11) is 0. The molecule has 10 aromatic rings. The molecule has 0 heteroatoms. The Hall–Kier alpha value is -5.46. The summed E-state index contributed by atoms with van der Waals surface area (Å²) in [4.78, 5) is 0. The average Bonchev–Trinajstić information content (AvgIpc) is 3.01. The third-order valence-corrected chi connectivity index (χ3v) is 9.35. The van der Waals surface area contributed by atoms with Gasteiger partial charge in [-0.1, -0.05) is 60.7 Å². The van der Waals surface area contributed by atoms with Crippen molar-refractivity contribution in [1.82, 2.24) is 0 Å². The van der Waals surface area contributed by atoms with Crippen molar-refractivity contribution < 1.29 is 0 Å². The Kier molecular flexibility index (Phi) is 4.27. The molecule has 0 heterocycles. The fraction of sp³-hybridized carbons (Fsp3) is 0. The highest BCUT2D eigenvalue weighted by Gasteiger charge is 2.09. The SMILES string of the molecule is c1ccc2cc3cc4cc5cc6cc7cc8c(ccc9cc%10ccccc%10cc98)cc7cc6cc5cc4cc3cc2c1. The Labute approximate surface area is 242 Å². The Balaban J connectivity index is 1.20. The monoisotopic (exact) mass is 528 g/mol. The van der Waals surface area contributed by atoms with Crippen LogP contribution in [0.1, 0.15) is 0 Å². The highest BCUT2D eigenvalue weighted by Crippen LogP contribution is 2.36. The summed E-state index contributed by atoms with van der Waals surface area (Å²) in [5.41, 5.74) is 0. The number of hydrogen-bond donors (Lipinski definition) is 0. The van der Waals surface area contributed by atoms with Crippen LogP contribution in [-0.2, 0) is 0 Å². The van der Waals surface area contributed by atoms with Crippen molar-refractivity contribution in [3.05, 3.63) is 146 Å². The number of fused-ring (bicyclic) bond motifs is 10. The average molecular weight is 529 g/mol. The van der Waals surface area contributed by atoms with E-state index >= 15 is 0 Å². The van der Waals surface area contributed by atoms with Gasteiger partial charge < -0.3 is 0 Å². The minimum absolute atomic E-state index is 1.28. The Bertz CT molecular complexity index is 2740. The van der Waals surface area contributed by atoms with E-state index in [9.17, 15) is 0 Å². The predicted molar refractivity (Wildman–Crippen MR) is 184 cm³/mol. The molecule has 0 radical (unpaired) electrons. The topological polar surface area (TPSA) is 0 Å². The summed E-state index contributed by atoms with van der Waals surface area (Å²) in [5, 5.41) is 23.2. The van der Waals surface area contributed by atoms with E-state index in [0.717, 1.165) is 0 Å². The Morgan fingerprint density at radius 3 is 0.738 bits per heavy atom. The summed E-state index contributed by atoms with van der Waals surface area (Å²) < 4.78 is 0. The molecule has 0 atom stereocenters. The molecule has 0 saturated carbocycles. The summed E-state index contributed by atoms with van der Waals surface area (Å²) in [6.45, 7) is 0. The highest BCUT2D eigenvalue weighted by molar-refractivity contribution is 6.17. The normalized spacial score (nSPS) is 12.3. The minimum Gasteiger partial charge on any atom is -0.0616 e. The van der Waals surface area contributed by atoms with E-state index in [1.807, 2.05) is 0 Å². The van der Waals surface area contributed by atoms with E-state index in [2.05, 4.69) is 146 Å². The maximum Gasteiger partial charge on any atom is -0.00988 e. The molecule has 0 fully saturated rings. The van der Waals surface area contributed by atoms with Gasteiger partial charge in [0.2, 0.25) is 0 Å². The largest absolute Gasteiger partial charge is 0.0616 e. The van der Waals surface area contributed by atoms with Crippen molar-refractivity contribution >= 4 is 97.0 Å². The summed E-state index contributed by atoms with van der Waals surface area (Å²) >= 11 is 0. The maximum atomic E-state index is 2.39. The lowest BCUT2D eigenvalue weighted by atomic mass is 9.93. The summed E-state index contributed by atoms with van der Waals surface area (Å²) in [6.07, 6.45) is 0. The van der Waals surface area contributed by atoms with Crippen LogP contribution in [-0.4, -0.2) is 0 Å².